The number of aliphatic hydroxyl groups excluding tert-OH is 1. The molecule has 6 heteroatoms. The van der Waals surface area contributed by atoms with Crippen LogP contribution in [0.3, 0.4) is 0 Å². The first kappa shape index (κ1) is 13.7. The van der Waals surface area contributed by atoms with Gasteiger partial charge in [0, 0.05) is 13.2 Å². The first-order chi connectivity index (χ1) is 9.42. The maximum Gasteiger partial charge on any atom is 0.182 e. The Morgan fingerprint density at radius 1 is 1.00 bits per heavy atom. The van der Waals surface area contributed by atoms with Gasteiger partial charge in [-0.2, -0.15) is 0 Å². The van der Waals surface area contributed by atoms with Crippen LogP contribution in [-0.4, -0.2) is 38.2 Å². The molecule has 0 aliphatic rings. The number of anilines is 1. The Morgan fingerprint density at radius 3 is 2.63 bits per heavy atom. The second-order valence-corrected chi connectivity index (χ2v) is 4.60. The average molecular weight is 263 g/mol. The summed E-state index contributed by atoms with van der Waals surface area (Å²) >= 11 is 0. The van der Waals surface area contributed by atoms with Gasteiger partial charge in [0.1, 0.15) is 11.8 Å². The van der Waals surface area contributed by atoms with Crippen LogP contribution in [0.1, 0.15) is 38.5 Å². The van der Waals surface area contributed by atoms with Gasteiger partial charge in [-0.3, -0.25) is 0 Å². The number of nitrogens with one attached hydrogen (secondary N) is 2. The van der Waals surface area contributed by atoms with E-state index < -0.39 is 0 Å². The van der Waals surface area contributed by atoms with Gasteiger partial charge in [-0.05, 0) is 12.8 Å². The summed E-state index contributed by atoms with van der Waals surface area (Å²) in [5.74, 6) is 0.822. The van der Waals surface area contributed by atoms with Crippen LogP contribution in [0.25, 0.3) is 11.2 Å². The van der Waals surface area contributed by atoms with E-state index in [1.54, 1.807) is 6.33 Å². The molecule has 0 spiro atoms. The number of aromatic amines is 1. The van der Waals surface area contributed by atoms with Gasteiger partial charge in [-0.15, -0.1) is 0 Å². The lowest BCUT2D eigenvalue weighted by Crippen LogP contribution is -2.04. The SMILES string of the molecule is OCCCCCCCCNc1ncnc2nc[nH]c12. The average Bonchev–Trinajstić information content (AvgIpc) is 2.91. The molecule has 0 bridgehead atoms. The Bertz CT molecular complexity index is 485. The van der Waals surface area contributed by atoms with Crippen LogP contribution in [0.4, 0.5) is 5.82 Å². The molecule has 6 nitrogen and oxygen atoms in total. The summed E-state index contributed by atoms with van der Waals surface area (Å²) in [6.45, 7) is 1.22. The second-order valence-electron chi connectivity index (χ2n) is 4.60. The lowest BCUT2D eigenvalue weighted by molar-refractivity contribution is 0.282. The van der Waals surface area contributed by atoms with Crippen LogP contribution in [0, 0.1) is 0 Å². The molecule has 0 amide bonds. The molecule has 2 rings (SSSR count). The van der Waals surface area contributed by atoms with Crippen LogP contribution in [-0.2, 0) is 0 Å². The van der Waals surface area contributed by atoms with Crippen molar-refractivity contribution in [1.29, 1.82) is 0 Å². The zero-order valence-electron chi connectivity index (χ0n) is 11.1. The van der Waals surface area contributed by atoms with Gasteiger partial charge in [-0.25, -0.2) is 15.0 Å². The van der Waals surface area contributed by atoms with Gasteiger partial charge < -0.3 is 15.4 Å². The number of fused-ring (bicyclic) bond motifs is 1. The third kappa shape index (κ3) is 4.17. The molecule has 0 unspecified atom stereocenters. The van der Waals surface area contributed by atoms with Crippen LogP contribution >= 0.6 is 0 Å². The molecule has 2 aromatic heterocycles. The molecule has 2 aromatic rings. The minimum Gasteiger partial charge on any atom is -0.396 e. The number of rotatable bonds is 9. The summed E-state index contributed by atoms with van der Waals surface area (Å²) in [5, 5.41) is 12.0. The van der Waals surface area contributed by atoms with E-state index in [1.807, 2.05) is 0 Å². The first-order valence-corrected chi connectivity index (χ1v) is 6.90. The molecule has 0 saturated heterocycles. The molecule has 2 heterocycles. The largest absolute Gasteiger partial charge is 0.396 e. The Kier molecular flexibility index (Phi) is 5.55. The van der Waals surface area contributed by atoms with Crippen LogP contribution in [0.2, 0.25) is 0 Å². The van der Waals surface area contributed by atoms with Gasteiger partial charge in [0.25, 0.3) is 0 Å². The van der Waals surface area contributed by atoms with Crippen LogP contribution in [0.5, 0.6) is 0 Å². The molecule has 0 fully saturated rings. The topological polar surface area (TPSA) is 86.7 Å². The van der Waals surface area contributed by atoms with Crippen molar-refractivity contribution in [2.75, 3.05) is 18.5 Å². The molecule has 0 saturated carbocycles. The number of imidazole rings is 1. The summed E-state index contributed by atoms with van der Waals surface area (Å²) in [6, 6.07) is 0. The second kappa shape index (κ2) is 7.68. The van der Waals surface area contributed by atoms with Gasteiger partial charge in [0.2, 0.25) is 0 Å². The van der Waals surface area contributed by atoms with Crippen molar-refractivity contribution in [1.82, 2.24) is 19.9 Å². The van der Waals surface area contributed by atoms with Crippen molar-refractivity contribution < 1.29 is 5.11 Å². The number of nitrogens with zero attached hydrogens (tertiary/aromatic N) is 3. The summed E-state index contributed by atoms with van der Waals surface area (Å²) in [5.41, 5.74) is 1.56. The number of H-pyrrole nitrogens is 1. The van der Waals surface area contributed by atoms with Gasteiger partial charge >= 0.3 is 0 Å². The molecule has 0 aromatic carbocycles. The molecule has 0 aliphatic heterocycles. The highest BCUT2D eigenvalue weighted by Crippen LogP contribution is 2.14. The summed E-state index contributed by atoms with van der Waals surface area (Å²) in [6.07, 6.45) is 9.98. The molecular formula is C13H21N5O. The normalized spacial score (nSPS) is 11.0. The van der Waals surface area contributed by atoms with E-state index in [2.05, 4.69) is 25.3 Å². The predicted octanol–water partition coefficient (Wildman–Crippen LogP) is 2.10. The zero-order valence-corrected chi connectivity index (χ0v) is 11.1. The molecule has 104 valence electrons. The van der Waals surface area contributed by atoms with E-state index in [4.69, 9.17) is 5.11 Å². The fourth-order valence-electron chi connectivity index (χ4n) is 2.05. The molecule has 3 N–H and O–H groups in total. The monoisotopic (exact) mass is 263 g/mol. The van der Waals surface area contributed by atoms with E-state index in [1.165, 1.54) is 25.6 Å². The quantitative estimate of drug-likeness (QED) is 0.603. The van der Waals surface area contributed by atoms with E-state index >= 15 is 0 Å². The van der Waals surface area contributed by atoms with Gasteiger partial charge in [0.15, 0.2) is 11.5 Å². The van der Waals surface area contributed by atoms with Crippen molar-refractivity contribution in [3.8, 4) is 0 Å². The lowest BCUT2D eigenvalue weighted by atomic mass is 10.1. The Morgan fingerprint density at radius 2 is 1.79 bits per heavy atom. The van der Waals surface area contributed by atoms with Crippen molar-refractivity contribution >= 4 is 17.0 Å². The Labute approximate surface area is 112 Å². The number of aromatic nitrogens is 4. The third-order valence-electron chi connectivity index (χ3n) is 3.10. The molecule has 19 heavy (non-hydrogen) atoms. The number of unbranched alkanes of at least 4 members (excludes halogenated alkanes) is 5. The standard InChI is InChI=1S/C13H21N5O/c19-8-6-4-2-1-3-5-7-14-12-11-13(16-9-15-11)18-10-17-12/h9-10,19H,1-8H2,(H2,14,15,16,17,18). The number of aliphatic hydroxyl groups is 1. The number of hydrogen-bond donors (Lipinski definition) is 3. The van der Waals surface area contributed by atoms with Crippen molar-refractivity contribution in [3.63, 3.8) is 0 Å². The molecular weight excluding hydrogens is 242 g/mol. The van der Waals surface area contributed by atoms with Gasteiger partial charge in [0.05, 0.1) is 6.33 Å². The minimum atomic E-state index is 0.315. The van der Waals surface area contributed by atoms with Crippen LogP contribution in [0.15, 0.2) is 12.7 Å². The minimum absolute atomic E-state index is 0.315. The van der Waals surface area contributed by atoms with E-state index in [0.717, 1.165) is 37.1 Å². The lowest BCUT2D eigenvalue weighted by Gasteiger charge is -2.05. The van der Waals surface area contributed by atoms with Crippen LogP contribution < -0.4 is 5.32 Å². The van der Waals surface area contributed by atoms with E-state index in [-0.39, 0.29) is 0 Å². The van der Waals surface area contributed by atoms with E-state index in [0.29, 0.717) is 12.3 Å². The molecule has 0 atom stereocenters. The highest BCUT2D eigenvalue weighted by atomic mass is 16.2. The highest BCUT2D eigenvalue weighted by Gasteiger charge is 2.04. The molecule has 0 aliphatic carbocycles. The smallest absolute Gasteiger partial charge is 0.182 e. The maximum atomic E-state index is 8.67. The summed E-state index contributed by atoms with van der Waals surface area (Å²) in [4.78, 5) is 15.4. The van der Waals surface area contributed by atoms with Gasteiger partial charge in [-0.1, -0.05) is 25.7 Å². The molecule has 0 radical (unpaired) electrons. The third-order valence-corrected chi connectivity index (χ3v) is 3.10. The number of hydrogen-bond acceptors (Lipinski definition) is 5. The fraction of sp³-hybridized carbons (Fsp3) is 0.615. The van der Waals surface area contributed by atoms with Crippen molar-refractivity contribution in [3.05, 3.63) is 12.7 Å². The predicted molar refractivity (Wildman–Crippen MR) is 75.0 cm³/mol. The Balaban J connectivity index is 1.64. The summed E-state index contributed by atoms with van der Waals surface area (Å²) < 4.78 is 0. The highest BCUT2D eigenvalue weighted by molar-refractivity contribution is 5.81. The maximum absolute atomic E-state index is 8.67. The Hall–Kier alpha value is -1.69. The first-order valence-electron chi connectivity index (χ1n) is 6.90. The van der Waals surface area contributed by atoms with E-state index in [9.17, 15) is 0 Å². The summed E-state index contributed by atoms with van der Waals surface area (Å²) in [7, 11) is 0. The van der Waals surface area contributed by atoms with Crippen molar-refractivity contribution in [2.24, 2.45) is 0 Å². The fourth-order valence-corrected chi connectivity index (χ4v) is 2.05. The van der Waals surface area contributed by atoms with Crippen molar-refractivity contribution in [2.45, 2.75) is 38.5 Å². The zero-order chi connectivity index (χ0) is 13.3.